The number of alkyl halides is 3. The third kappa shape index (κ3) is 5.62. The van der Waals surface area contributed by atoms with E-state index < -0.39 is 3.79 Å². The first-order valence-electron chi connectivity index (χ1n) is 7.94. The van der Waals surface area contributed by atoms with Gasteiger partial charge < -0.3 is 10.2 Å². The molecule has 138 valence electrons. The van der Waals surface area contributed by atoms with E-state index in [9.17, 15) is 0 Å². The highest BCUT2D eigenvalue weighted by molar-refractivity contribution is 6.66. The lowest BCUT2D eigenvalue weighted by Crippen LogP contribution is -2.33. The van der Waals surface area contributed by atoms with E-state index in [0.717, 1.165) is 31.6 Å². The summed E-state index contributed by atoms with van der Waals surface area (Å²) in [5.41, 5.74) is 0.691. The first kappa shape index (κ1) is 21.1. The molecule has 0 aliphatic carbocycles. The molecular formula is C16H19Cl5N4. The van der Waals surface area contributed by atoms with Crippen molar-refractivity contribution in [3.63, 3.8) is 0 Å². The van der Waals surface area contributed by atoms with Crippen LogP contribution in [-0.4, -0.2) is 41.0 Å². The van der Waals surface area contributed by atoms with Crippen molar-refractivity contribution in [2.45, 2.75) is 23.1 Å². The summed E-state index contributed by atoms with van der Waals surface area (Å²) in [6.45, 7) is 4.02. The Morgan fingerprint density at radius 2 is 1.80 bits per heavy atom. The maximum Gasteiger partial charge on any atom is 0.250 e. The Morgan fingerprint density at radius 1 is 1.08 bits per heavy atom. The van der Waals surface area contributed by atoms with Gasteiger partial charge in [-0.2, -0.15) is 0 Å². The molecule has 0 atom stereocenters. The van der Waals surface area contributed by atoms with Gasteiger partial charge in [0, 0.05) is 23.5 Å². The van der Waals surface area contributed by atoms with Gasteiger partial charge in [0.1, 0.15) is 5.82 Å². The molecule has 2 heterocycles. The molecule has 0 unspecified atom stereocenters. The second-order valence-corrected chi connectivity index (χ2v) is 8.60. The van der Waals surface area contributed by atoms with Crippen LogP contribution in [-0.2, 0) is 3.79 Å². The Bertz CT molecular complexity index is 713. The van der Waals surface area contributed by atoms with Gasteiger partial charge in [0.25, 0.3) is 0 Å². The SMILES string of the molecule is Cl.Clc1ccc2nc(C(Cl)(Cl)Cl)nc(NCCN3CCCCC3)c2c1. The third-order valence-electron chi connectivity index (χ3n) is 4.08. The number of halogens is 5. The van der Waals surface area contributed by atoms with Gasteiger partial charge in [-0.25, -0.2) is 9.97 Å². The fraction of sp³-hybridized carbons (Fsp3) is 0.500. The molecule has 2 aromatic rings. The minimum absolute atomic E-state index is 0. The standard InChI is InChI=1S/C16H18Cl4N4.ClH/c17-11-4-5-13-12(10-11)14(23-15(22-13)16(18,19)20)21-6-9-24-7-2-1-3-8-24;/h4-5,10H,1-3,6-9H2,(H,21,22,23);1H. The van der Waals surface area contributed by atoms with Crippen LogP contribution in [0.3, 0.4) is 0 Å². The Morgan fingerprint density at radius 3 is 2.48 bits per heavy atom. The molecule has 3 rings (SSSR count). The number of benzene rings is 1. The van der Waals surface area contributed by atoms with Crippen molar-refractivity contribution in [2.75, 3.05) is 31.5 Å². The van der Waals surface area contributed by atoms with Crippen LogP contribution in [0.4, 0.5) is 5.82 Å². The van der Waals surface area contributed by atoms with Crippen molar-refractivity contribution in [2.24, 2.45) is 0 Å². The quantitative estimate of drug-likeness (QED) is 0.639. The van der Waals surface area contributed by atoms with E-state index >= 15 is 0 Å². The van der Waals surface area contributed by atoms with Crippen molar-refractivity contribution < 1.29 is 0 Å². The molecule has 1 aromatic carbocycles. The molecular weight excluding hydrogens is 425 g/mol. The summed E-state index contributed by atoms with van der Waals surface area (Å²) < 4.78 is -1.67. The molecule has 25 heavy (non-hydrogen) atoms. The Labute approximate surface area is 173 Å². The minimum Gasteiger partial charge on any atom is -0.368 e. The van der Waals surface area contributed by atoms with Gasteiger partial charge >= 0.3 is 0 Å². The van der Waals surface area contributed by atoms with E-state index in [-0.39, 0.29) is 18.2 Å². The van der Waals surface area contributed by atoms with Gasteiger partial charge in [0.2, 0.25) is 3.79 Å². The van der Waals surface area contributed by atoms with Crippen LogP contribution in [0.1, 0.15) is 25.1 Å². The first-order chi connectivity index (χ1) is 11.4. The van der Waals surface area contributed by atoms with Crippen LogP contribution in [0, 0.1) is 0 Å². The summed E-state index contributed by atoms with van der Waals surface area (Å²) in [4.78, 5) is 11.2. The number of fused-ring (bicyclic) bond motifs is 1. The maximum atomic E-state index is 6.11. The second kappa shape index (κ2) is 9.12. The lowest BCUT2D eigenvalue weighted by atomic mass is 10.1. The molecule has 0 radical (unpaired) electrons. The number of aromatic nitrogens is 2. The van der Waals surface area contributed by atoms with Crippen molar-refractivity contribution in [1.82, 2.24) is 14.9 Å². The largest absolute Gasteiger partial charge is 0.368 e. The smallest absolute Gasteiger partial charge is 0.250 e. The van der Waals surface area contributed by atoms with Crippen LogP contribution >= 0.6 is 58.8 Å². The van der Waals surface area contributed by atoms with Crippen LogP contribution in [0.2, 0.25) is 5.02 Å². The summed E-state index contributed by atoms with van der Waals surface area (Å²) in [5.74, 6) is 0.795. The average Bonchev–Trinajstić information content (AvgIpc) is 2.55. The molecule has 1 N–H and O–H groups in total. The number of rotatable bonds is 4. The van der Waals surface area contributed by atoms with Gasteiger partial charge in [0.15, 0.2) is 5.82 Å². The summed E-state index contributed by atoms with van der Waals surface area (Å²) in [7, 11) is 0. The van der Waals surface area contributed by atoms with E-state index in [1.807, 2.05) is 6.07 Å². The van der Waals surface area contributed by atoms with Gasteiger partial charge in [-0.05, 0) is 44.1 Å². The maximum absolute atomic E-state index is 6.11. The monoisotopic (exact) mass is 442 g/mol. The van der Waals surface area contributed by atoms with Gasteiger partial charge in [-0.15, -0.1) is 12.4 Å². The van der Waals surface area contributed by atoms with Crippen molar-refractivity contribution in [1.29, 1.82) is 0 Å². The van der Waals surface area contributed by atoms with Crippen LogP contribution in [0.25, 0.3) is 10.9 Å². The van der Waals surface area contributed by atoms with Gasteiger partial charge in [-0.1, -0.05) is 52.8 Å². The zero-order chi connectivity index (χ0) is 17.2. The zero-order valence-electron chi connectivity index (χ0n) is 13.4. The normalized spacial score (nSPS) is 15.8. The highest BCUT2D eigenvalue weighted by Crippen LogP contribution is 2.38. The van der Waals surface area contributed by atoms with Gasteiger partial charge in [0.05, 0.1) is 5.52 Å². The van der Waals surface area contributed by atoms with E-state index in [4.69, 9.17) is 46.4 Å². The number of likely N-dealkylation sites (tertiary alicyclic amines) is 1. The summed E-state index contributed by atoms with van der Waals surface area (Å²) in [5, 5.41) is 4.78. The molecule has 1 aliphatic heterocycles. The molecule has 1 aliphatic rings. The molecule has 9 heteroatoms. The number of nitrogens with one attached hydrogen (secondary N) is 1. The Balaban J connectivity index is 0.00000225. The molecule has 1 saturated heterocycles. The third-order valence-corrected chi connectivity index (χ3v) is 4.82. The van der Waals surface area contributed by atoms with E-state index in [1.54, 1.807) is 12.1 Å². The highest BCUT2D eigenvalue weighted by Gasteiger charge is 2.28. The molecule has 4 nitrogen and oxygen atoms in total. The summed E-state index contributed by atoms with van der Waals surface area (Å²) in [6.07, 6.45) is 3.86. The molecule has 0 amide bonds. The molecule has 0 bridgehead atoms. The molecule has 1 aromatic heterocycles. The molecule has 0 spiro atoms. The molecule has 0 saturated carbocycles. The van der Waals surface area contributed by atoms with Gasteiger partial charge in [-0.3, -0.25) is 0 Å². The predicted octanol–water partition coefficient (Wildman–Crippen LogP) is 5.43. The number of hydrogen-bond donors (Lipinski definition) is 1. The zero-order valence-corrected chi connectivity index (χ0v) is 17.3. The predicted molar refractivity (Wildman–Crippen MR) is 110 cm³/mol. The number of hydrogen-bond acceptors (Lipinski definition) is 4. The number of piperidine rings is 1. The van der Waals surface area contributed by atoms with Crippen molar-refractivity contribution in [3.05, 3.63) is 29.0 Å². The summed E-state index contributed by atoms with van der Waals surface area (Å²) in [6, 6.07) is 5.38. The fourth-order valence-corrected chi connectivity index (χ4v) is 3.30. The highest BCUT2D eigenvalue weighted by atomic mass is 35.6. The first-order valence-corrected chi connectivity index (χ1v) is 9.45. The minimum atomic E-state index is -1.67. The van der Waals surface area contributed by atoms with Crippen LogP contribution in [0.15, 0.2) is 18.2 Å². The van der Waals surface area contributed by atoms with Crippen LogP contribution in [0.5, 0.6) is 0 Å². The van der Waals surface area contributed by atoms with Crippen molar-refractivity contribution >= 4 is 75.5 Å². The topological polar surface area (TPSA) is 41.1 Å². The van der Waals surface area contributed by atoms with E-state index in [1.165, 1.54) is 19.3 Å². The second-order valence-electron chi connectivity index (χ2n) is 5.88. The fourth-order valence-electron chi connectivity index (χ4n) is 2.88. The lowest BCUT2D eigenvalue weighted by molar-refractivity contribution is 0.237. The van der Waals surface area contributed by atoms with E-state index in [2.05, 4.69) is 20.2 Å². The average molecular weight is 445 g/mol. The van der Waals surface area contributed by atoms with Crippen molar-refractivity contribution in [3.8, 4) is 0 Å². The number of anilines is 1. The lowest BCUT2D eigenvalue weighted by Gasteiger charge is -2.26. The van der Waals surface area contributed by atoms with Crippen LogP contribution < -0.4 is 5.32 Å². The summed E-state index contributed by atoms with van der Waals surface area (Å²) >= 11 is 24.0. The Hall–Kier alpha value is -0.230. The van der Waals surface area contributed by atoms with E-state index in [0.29, 0.717) is 16.4 Å². The Kier molecular flexibility index (Phi) is 7.68. The number of nitrogens with zero attached hydrogens (tertiary/aromatic N) is 3. The molecule has 1 fully saturated rings.